The standard InChI is InChI=1S/C11H21NO2.H2O/c1-11(2,3)10(13)14-12-9-7-5-4-6-8-9;/h9,12H,4-8H2,1-3H3;1H2. The minimum atomic E-state index is -0.415. The molecule has 3 N–H and O–H groups in total. The Hall–Kier alpha value is -0.610. The van der Waals surface area contributed by atoms with Crippen LogP contribution in [0.25, 0.3) is 0 Å². The molecule has 0 atom stereocenters. The molecule has 1 aliphatic carbocycles. The molecule has 0 heterocycles. The molecule has 0 aliphatic heterocycles. The zero-order chi connectivity index (χ0) is 10.6. The number of hydrogen-bond donors (Lipinski definition) is 1. The van der Waals surface area contributed by atoms with Crippen molar-refractivity contribution in [1.82, 2.24) is 5.48 Å². The Kier molecular flexibility index (Phi) is 5.83. The van der Waals surface area contributed by atoms with E-state index >= 15 is 0 Å². The number of nitrogens with one attached hydrogen (secondary N) is 1. The van der Waals surface area contributed by atoms with Crippen LogP contribution in [0.5, 0.6) is 0 Å². The first-order chi connectivity index (χ1) is 6.50. The van der Waals surface area contributed by atoms with Crippen molar-refractivity contribution in [3.05, 3.63) is 0 Å². The summed E-state index contributed by atoms with van der Waals surface area (Å²) in [7, 11) is 0. The van der Waals surface area contributed by atoms with E-state index in [0.29, 0.717) is 6.04 Å². The molecule has 0 aromatic rings. The van der Waals surface area contributed by atoms with Gasteiger partial charge in [0.25, 0.3) is 0 Å². The number of hydrogen-bond acceptors (Lipinski definition) is 3. The highest BCUT2D eigenvalue weighted by Crippen LogP contribution is 2.19. The third kappa shape index (κ3) is 5.14. The minimum absolute atomic E-state index is 0. The first-order valence-corrected chi connectivity index (χ1v) is 5.47. The maximum atomic E-state index is 11.4. The van der Waals surface area contributed by atoms with Gasteiger partial charge in [0.05, 0.1) is 5.41 Å². The molecule has 0 saturated heterocycles. The average molecular weight is 217 g/mol. The molecule has 1 rings (SSSR count). The van der Waals surface area contributed by atoms with E-state index in [0.717, 1.165) is 12.8 Å². The second-order valence-electron chi connectivity index (χ2n) is 5.09. The van der Waals surface area contributed by atoms with Gasteiger partial charge in [-0.1, -0.05) is 19.3 Å². The van der Waals surface area contributed by atoms with Crippen LogP contribution in [0.3, 0.4) is 0 Å². The number of hydroxylamine groups is 1. The lowest BCUT2D eigenvalue weighted by Gasteiger charge is -2.24. The molecule has 1 saturated carbocycles. The van der Waals surface area contributed by atoms with Crippen molar-refractivity contribution in [2.24, 2.45) is 5.41 Å². The summed E-state index contributed by atoms with van der Waals surface area (Å²) in [6.07, 6.45) is 6.04. The lowest BCUT2D eigenvalue weighted by atomic mass is 9.96. The zero-order valence-corrected chi connectivity index (χ0v) is 9.93. The molecule has 0 unspecified atom stereocenters. The van der Waals surface area contributed by atoms with Crippen molar-refractivity contribution in [2.45, 2.75) is 58.9 Å². The maximum absolute atomic E-state index is 11.4. The summed E-state index contributed by atoms with van der Waals surface area (Å²) in [6.45, 7) is 5.58. The first kappa shape index (κ1) is 14.4. The second-order valence-corrected chi connectivity index (χ2v) is 5.09. The van der Waals surface area contributed by atoms with E-state index in [9.17, 15) is 4.79 Å². The highest BCUT2D eigenvalue weighted by atomic mass is 16.7. The fourth-order valence-electron chi connectivity index (χ4n) is 1.51. The SMILES string of the molecule is CC(C)(C)C(=O)ONC1CCCCC1.O. The van der Waals surface area contributed by atoms with E-state index in [1.807, 2.05) is 20.8 Å². The van der Waals surface area contributed by atoms with Gasteiger partial charge in [0.1, 0.15) is 0 Å². The summed E-state index contributed by atoms with van der Waals surface area (Å²) in [5, 5.41) is 0. The molecule has 0 radical (unpaired) electrons. The molecule has 0 spiro atoms. The van der Waals surface area contributed by atoms with Gasteiger partial charge in [-0.15, -0.1) is 0 Å². The van der Waals surface area contributed by atoms with Gasteiger partial charge in [-0.3, -0.25) is 0 Å². The predicted octanol–water partition coefficient (Wildman–Crippen LogP) is 1.59. The third-order valence-corrected chi connectivity index (χ3v) is 2.54. The number of carbonyl (C=O) groups excluding carboxylic acids is 1. The Balaban J connectivity index is 0.00000196. The monoisotopic (exact) mass is 217 g/mol. The molecule has 90 valence electrons. The summed E-state index contributed by atoms with van der Waals surface area (Å²) < 4.78 is 0. The fraction of sp³-hybridized carbons (Fsp3) is 0.909. The molecule has 0 bridgehead atoms. The van der Waals surface area contributed by atoms with E-state index in [1.54, 1.807) is 0 Å². The molecule has 1 fully saturated rings. The Morgan fingerprint density at radius 3 is 2.20 bits per heavy atom. The van der Waals surface area contributed by atoms with Gasteiger partial charge in [0.2, 0.25) is 0 Å². The Bertz CT molecular complexity index is 192. The quantitative estimate of drug-likeness (QED) is 0.714. The average Bonchev–Trinajstić information content (AvgIpc) is 2.14. The van der Waals surface area contributed by atoms with E-state index in [-0.39, 0.29) is 11.4 Å². The molecule has 0 aromatic carbocycles. The van der Waals surface area contributed by atoms with Crippen molar-refractivity contribution in [1.29, 1.82) is 0 Å². The highest BCUT2D eigenvalue weighted by Gasteiger charge is 2.24. The molecule has 0 amide bonds. The maximum Gasteiger partial charge on any atom is 0.329 e. The Morgan fingerprint density at radius 2 is 1.73 bits per heavy atom. The summed E-state index contributed by atoms with van der Waals surface area (Å²) >= 11 is 0. The third-order valence-electron chi connectivity index (χ3n) is 2.54. The number of rotatable bonds is 2. The molecule has 1 aliphatic rings. The number of carbonyl (C=O) groups is 1. The minimum Gasteiger partial charge on any atom is -0.412 e. The van der Waals surface area contributed by atoms with Crippen LogP contribution in [0, 0.1) is 5.41 Å². The van der Waals surface area contributed by atoms with Crippen LogP contribution in [0.15, 0.2) is 0 Å². The van der Waals surface area contributed by atoms with E-state index < -0.39 is 5.41 Å². The van der Waals surface area contributed by atoms with Crippen molar-refractivity contribution >= 4 is 5.97 Å². The topological polar surface area (TPSA) is 69.8 Å². The fourth-order valence-corrected chi connectivity index (χ4v) is 1.51. The summed E-state index contributed by atoms with van der Waals surface area (Å²) in [5.74, 6) is -0.178. The van der Waals surface area contributed by atoms with Gasteiger partial charge in [-0.2, -0.15) is 5.48 Å². The molecular weight excluding hydrogens is 194 g/mol. The molecular formula is C11H23NO3. The normalized spacial score (nSPS) is 18.1. The van der Waals surface area contributed by atoms with Gasteiger partial charge in [0, 0.05) is 6.04 Å². The van der Waals surface area contributed by atoms with E-state index in [1.165, 1.54) is 19.3 Å². The van der Waals surface area contributed by atoms with Crippen LogP contribution in [0.4, 0.5) is 0 Å². The van der Waals surface area contributed by atoms with Crippen LogP contribution in [-0.2, 0) is 9.63 Å². The van der Waals surface area contributed by atoms with Gasteiger partial charge in [-0.25, -0.2) is 4.79 Å². The summed E-state index contributed by atoms with van der Waals surface area (Å²) in [6, 6.07) is 0.370. The lowest BCUT2D eigenvalue weighted by molar-refractivity contribution is -0.163. The zero-order valence-electron chi connectivity index (χ0n) is 9.93. The van der Waals surface area contributed by atoms with Crippen molar-refractivity contribution in [3.63, 3.8) is 0 Å². The second kappa shape index (κ2) is 6.08. The first-order valence-electron chi connectivity index (χ1n) is 5.47. The van der Waals surface area contributed by atoms with Crippen LogP contribution in [0.2, 0.25) is 0 Å². The Labute approximate surface area is 91.6 Å². The van der Waals surface area contributed by atoms with Crippen molar-refractivity contribution in [2.75, 3.05) is 0 Å². The van der Waals surface area contributed by atoms with E-state index in [4.69, 9.17) is 4.84 Å². The van der Waals surface area contributed by atoms with Gasteiger partial charge >= 0.3 is 5.97 Å². The van der Waals surface area contributed by atoms with Gasteiger partial charge in [-0.05, 0) is 33.6 Å². The van der Waals surface area contributed by atoms with Crippen molar-refractivity contribution < 1.29 is 15.1 Å². The molecule has 0 aromatic heterocycles. The Morgan fingerprint density at radius 1 is 1.20 bits per heavy atom. The van der Waals surface area contributed by atoms with Gasteiger partial charge < -0.3 is 10.3 Å². The largest absolute Gasteiger partial charge is 0.412 e. The summed E-state index contributed by atoms with van der Waals surface area (Å²) in [4.78, 5) is 16.5. The van der Waals surface area contributed by atoms with Crippen LogP contribution < -0.4 is 5.48 Å². The predicted molar refractivity (Wildman–Crippen MR) is 59.2 cm³/mol. The highest BCUT2D eigenvalue weighted by molar-refractivity contribution is 5.75. The van der Waals surface area contributed by atoms with E-state index in [2.05, 4.69) is 5.48 Å². The molecule has 15 heavy (non-hydrogen) atoms. The summed E-state index contributed by atoms with van der Waals surface area (Å²) in [5.41, 5.74) is 2.46. The smallest absolute Gasteiger partial charge is 0.329 e. The molecule has 4 nitrogen and oxygen atoms in total. The van der Waals surface area contributed by atoms with Gasteiger partial charge in [0.15, 0.2) is 0 Å². The molecule has 4 heteroatoms. The lowest BCUT2D eigenvalue weighted by Crippen LogP contribution is -2.36. The van der Waals surface area contributed by atoms with Crippen LogP contribution in [0.1, 0.15) is 52.9 Å². The van der Waals surface area contributed by atoms with Crippen LogP contribution >= 0.6 is 0 Å². The van der Waals surface area contributed by atoms with Crippen molar-refractivity contribution in [3.8, 4) is 0 Å². The van der Waals surface area contributed by atoms with Crippen LogP contribution in [-0.4, -0.2) is 17.5 Å².